The number of aromatic amines is 1. The first-order valence-electron chi connectivity index (χ1n) is 9.43. The van der Waals surface area contributed by atoms with Gasteiger partial charge in [0.05, 0.1) is 0 Å². The molecule has 206 valence electrons. The van der Waals surface area contributed by atoms with Crippen molar-refractivity contribution < 1.29 is 63.3 Å². The van der Waals surface area contributed by atoms with Crippen LogP contribution in [0, 0.1) is 0 Å². The zero-order valence-electron chi connectivity index (χ0n) is 18.1. The van der Waals surface area contributed by atoms with E-state index in [1.807, 2.05) is 0 Å². The van der Waals surface area contributed by atoms with E-state index in [2.05, 4.69) is 34.8 Å². The van der Waals surface area contributed by atoms with Crippen LogP contribution in [0.1, 0.15) is 13.2 Å². The molecule has 1 aromatic heterocycles. The fraction of sp³-hybridized carbons (Fsp3) is 0.615. The van der Waals surface area contributed by atoms with Crippen molar-refractivity contribution in [2.24, 2.45) is 0 Å². The molecule has 0 aromatic carbocycles. The minimum absolute atomic E-state index is 0.234. The topological polar surface area (TPSA) is 243 Å². The standard InChI is InChI=1S/C13H22N3O15P3S2/c1-7(17)14-3-5-35-36-11-10(19)8(26-12(11)16-4-2-9(18)15-13(16)20)6-25-34(32,30-28-22,33(23)24)31-29-27-21/h2,4,8,10-12,19,21-22H,3,5-6,32H2,1H3,(H,14,17)(H,15,18,20)/t8-,10?,11+,12-/m1/s1. The monoisotopic (exact) mass is 617 g/mol. The van der Waals surface area contributed by atoms with Crippen LogP contribution in [0.5, 0.6) is 0 Å². The van der Waals surface area contributed by atoms with Crippen molar-refractivity contribution >= 4 is 50.5 Å². The average molecular weight is 617 g/mol. The van der Waals surface area contributed by atoms with Crippen molar-refractivity contribution in [3.8, 4) is 0 Å². The zero-order valence-corrected chi connectivity index (χ0v) is 22.6. The number of H-pyrrole nitrogens is 1. The van der Waals surface area contributed by atoms with Gasteiger partial charge in [0.1, 0.15) is 0 Å². The van der Waals surface area contributed by atoms with Crippen LogP contribution in [0.4, 0.5) is 0 Å². The van der Waals surface area contributed by atoms with Crippen LogP contribution >= 0.6 is 44.5 Å². The summed E-state index contributed by atoms with van der Waals surface area (Å²) in [5.74, 6) is 0.177. The minimum atomic E-state index is -5.64. The van der Waals surface area contributed by atoms with Gasteiger partial charge in [0.2, 0.25) is 0 Å². The van der Waals surface area contributed by atoms with Gasteiger partial charge in [0.25, 0.3) is 0 Å². The van der Waals surface area contributed by atoms with Crippen molar-refractivity contribution in [2.45, 2.75) is 30.6 Å². The van der Waals surface area contributed by atoms with E-state index in [0.29, 0.717) is 12.3 Å². The Bertz CT molecular complexity index is 1080. The molecule has 23 heteroatoms. The average Bonchev–Trinajstić information content (AvgIpc) is 3.11. The van der Waals surface area contributed by atoms with Gasteiger partial charge in [0.15, 0.2) is 0 Å². The molecule has 0 spiro atoms. The van der Waals surface area contributed by atoms with Crippen LogP contribution in [0.2, 0.25) is 0 Å². The third-order valence-corrected chi connectivity index (χ3v) is 14.2. The number of aliphatic hydroxyl groups is 1. The SMILES string of the molecule is CC(=O)NCCSS[C@H]1C(O)[C@@H](COP(P)(OOO)(OOOO)P(=O)=O)O[C@H]1n1ccc(=O)[nH]c1=O. The molecule has 1 fully saturated rings. The van der Waals surface area contributed by atoms with Crippen molar-refractivity contribution in [3.05, 3.63) is 33.1 Å². The molecule has 1 aliphatic rings. The molecule has 18 nitrogen and oxygen atoms in total. The molecular formula is C13H22N3O15P3S2. The first-order valence-corrected chi connectivity index (χ1v) is 17.3. The van der Waals surface area contributed by atoms with E-state index in [-0.39, 0.29) is 5.91 Å². The van der Waals surface area contributed by atoms with Crippen molar-refractivity contribution in [1.29, 1.82) is 0 Å². The van der Waals surface area contributed by atoms with Crippen LogP contribution in [0.25, 0.3) is 0 Å². The molecule has 0 radical (unpaired) electrons. The Balaban J connectivity index is 2.27. The van der Waals surface area contributed by atoms with Gasteiger partial charge in [0, 0.05) is 0 Å². The number of ether oxygens (including phenoxy) is 1. The second kappa shape index (κ2) is 13.8. The fourth-order valence-corrected chi connectivity index (χ4v) is 7.82. The molecule has 1 amide bonds. The predicted molar refractivity (Wildman–Crippen MR) is 125 cm³/mol. The van der Waals surface area contributed by atoms with Crippen molar-refractivity contribution in [2.75, 3.05) is 18.9 Å². The molecular weight excluding hydrogens is 595 g/mol. The Hall–Kier alpha value is -0.790. The number of amides is 1. The van der Waals surface area contributed by atoms with E-state index in [9.17, 15) is 28.6 Å². The van der Waals surface area contributed by atoms with Gasteiger partial charge in [-0.15, -0.1) is 0 Å². The van der Waals surface area contributed by atoms with Crippen LogP contribution in [0.15, 0.2) is 21.9 Å². The maximum atomic E-state index is 12.3. The quantitative estimate of drug-likeness (QED) is 0.0596. The molecule has 0 aliphatic carbocycles. The molecule has 5 N–H and O–H groups in total. The number of carbonyl (C=O) groups is 1. The van der Waals surface area contributed by atoms with Gasteiger partial charge in [-0.3, -0.25) is 0 Å². The van der Waals surface area contributed by atoms with Crippen molar-refractivity contribution in [1.82, 2.24) is 14.9 Å². The van der Waals surface area contributed by atoms with E-state index in [0.717, 1.165) is 27.6 Å². The second-order valence-electron chi connectivity index (χ2n) is 6.74. The Morgan fingerprint density at radius 2 is 2.06 bits per heavy atom. The second-order valence-corrected chi connectivity index (χ2v) is 19.4. The number of carbonyl (C=O) groups excluding carboxylic acids is 1. The Kier molecular flexibility index (Phi) is 12.1. The van der Waals surface area contributed by atoms with Gasteiger partial charge in [-0.05, 0) is 0 Å². The summed E-state index contributed by atoms with van der Waals surface area (Å²) in [6, 6.07) is 1.05. The molecule has 2 rings (SSSR count). The summed E-state index contributed by atoms with van der Waals surface area (Å²) in [5.41, 5.74) is -1.52. The van der Waals surface area contributed by atoms with E-state index in [4.69, 9.17) is 19.8 Å². The third-order valence-electron chi connectivity index (χ3n) is 4.32. The Labute approximate surface area is 211 Å². The van der Waals surface area contributed by atoms with E-state index in [1.165, 1.54) is 26.6 Å². The van der Waals surface area contributed by atoms with Gasteiger partial charge in [-0.1, -0.05) is 0 Å². The van der Waals surface area contributed by atoms with Crippen LogP contribution in [-0.2, 0) is 47.6 Å². The number of hydrogen-bond donors (Lipinski definition) is 5. The molecule has 2 heterocycles. The first kappa shape index (κ1) is 31.4. The van der Waals surface area contributed by atoms with Gasteiger partial charge < -0.3 is 0 Å². The molecule has 1 aromatic rings. The molecule has 36 heavy (non-hydrogen) atoms. The van der Waals surface area contributed by atoms with E-state index >= 15 is 0 Å². The number of nitrogens with zero attached hydrogens (tertiary/aromatic N) is 1. The number of hydrogen-bond acceptors (Lipinski definition) is 17. The molecule has 0 saturated carbocycles. The number of nitrogens with one attached hydrogen (secondary N) is 2. The molecule has 0 bridgehead atoms. The van der Waals surface area contributed by atoms with Crippen LogP contribution in [0.3, 0.4) is 0 Å². The van der Waals surface area contributed by atoms with Crippen molar-refractivity contribution in [3.63, 3.8) is 0 Å². The summed E-state index contributed by atoms with van der Waals surface area (Å²) >= 11 is 0. The summed E-state index contributed by atoms with van der Waals surface area (Å²) in [7, 11) is -0.118. The summed E-state index contributed by atoms with van der Waals surface area (Å²) in [5, 5.41) is 39.9. The molecule has 1 aliphatic heterocycles. The van der Waals surface area contributed by atoms with Gasteiger partial charge in [-0.2, -0.15) is 0 Å². The third kappa shape index (κ3) is 7.86. The number of aliphatic hydroxyl groups excluding tert-OH is 1. The Morgan fingerprint density at radius 3 is 2.64 bits per heavy atom. The van der Waals surface area contributed by atoms with E-state index in [1.54, 1.807) is 0 Å². The van der Waals surface area contributed by atoms with E-state index < -0.39 is 55.6 Å². The summed E-state index contributed by atoms with van der Waals surface area (Å²) in [6.07, 6.45) is -2.80. The first-order chi connectivity index (χ1) is 17.0. The summed E-state index contributed by atoms with van der Waals surface area (Å²) < 4.78 is 44.3. The summed E-state index contributed by atoms with van der Waals surface area (Å²) in [6.45, 7) is -4.80. The Morgan fingerprint density at radius 1 is 1.33 bits per heavy atom. The maximum absolute atomic E-state index is 12.3. The molecule has 2 unspecified atom stereocenters. The molecule has 1 saturated heterocycles. The predicted octanol–water partition coefficient (Wildman–Crippen LogP) is 0.648. The number of aromatic nitrogens is 2. The zero-order chi connectivity index (χ0) is 27.0. The normalized spacial score (nSPS) is 23.2. The molecule has 5 atom stereocenters. The van der Waals surface area contributed by atoms with Gasteiger partial charge >= 0.3 is 211 Å². The van der Waals surface area contributed by atoms with Crippen LogP contribution < -0.4 is 16.6 Å². The van der Waals surface area contributed by atoms with Crippen LogP contribution in [-0.4, -0.2) is 67.4 Å². The van der Waals surface area contributed by atoms with Gasteiger partial charge in [-0.25, -0.2) is 0 Å². The fourth-order valence-electron chi connectivity index (χ4n) is 2.71. The number of rotatable bonds is 15. The summed E-state index contributed by atoms with van der Waals surface area (Å²) in [4.78, 5) is 36.8.